The second-order valence-corrected chi connectivity index (χ2v) is 5.23. The highest BCUT2D eigenvalue weighted by Gasteiger charge is 2.34. The van der Waals surface area contributed by atoms with Crippen molar-refractivity contribution in [2.45, 2.75) is 12.7 Å². The Labute approximate surface area is 144 Å². The Kier molecular flexibility index (Phi) is 6.46. The van der Waals surface area contributed by atoms with Crippen LogP contribution in [0, 0.1) is 0 Å². The SMILES string of the molecule is COCCNc1cc(NCc2ccc(OC)cc2)ncc1C(F)(F)F. The van der Waals surface area contributed by atoms with Gasteiger partial charge in [-0.05, 0) is 17.7 Å². The van der Waals surface area contributed by atoms with Gasteiger partial charge < -0.3 is 20.1 Å². The van der Waals surface area contributed by atoms with E-state index in [1.807, 2.05) is 24.3 Å². The van der Waals surface area contributed by atoms with Crippen LogP contribution in [-0.4, -0.2) is 32.4 Å². The summed E-state index contributed by atoms with van der Waals surface area (Å²) in [5.74, 6) is 1.09. The van der Waals surface area contributed by atoms with Gasteiger partial charge in [-0.1, -0.05) is 12.1 Å². The molecule has 0 aliphatic rings. The van der Waals surface area contributed by atoms with Crippen molar-refractivity contribution in [3.8, 4) is 5.75 Å². The third kappa shape index (κ3) is 5.53. The molecule has 1 aromatic carbocycles. The Bertz CT molecular complexity index is 676. The summed E-state index contributed by atoms with van der Waals surface area (Å²) in [4.78, 5) is 3.86. The van der Waals surface area contributed by atoms with Gasteiger partial charge in [0.2, 0.25) is 0 Å². The van der Waals surface area contributed by atoms with Gasteiger partial charge in [-0.2, -0.15) is 13.2 Å². The predicted octanol–water partition coefficient (Wildman–Crippen LogP) is 3.78. The van der Waals surface area contributed by atoms with Crippen LogP contribution in [0.25, 0.3) is 0 Å². The maximum Gasteiger partial charge on any atom is 0.419 e. The van der Waals surface area contributed by atoms with E-state index in [0.717, 1.165) is 17.5 Å². The number of aromatic nitrogens is 1. The molecule has 0 amide bonds. The van der Waals surface area contributed by atoms with E-state index in [-0.39, 0.29) is 12.2 Å². The molecule has 5 nitrogen and oxygen atoms in total. The summed E-state index contributed by atoms with van der Waals surface area (Å²) in [7, 11) is 3.07. The third-order valence-corrected chi connectivity index (χ3v) is 3.46. The average Bonchev–Trinajstić information content (AvgIpc) is 2.60. The lowest BCUT2D eigenvalue weighted by Gasteiger charge is -2.16. The summed E-state index contributed by atoms with van der Waals surface area (Å²) >= 11 is 0. The van der Waals surface area contributed by atoms with Crippen molar-refractivity contribution in [2.75, 3.05) is 38.0 Å². The number of rotatable bonds is 8. The Balaban J connectivity index is 2.10. The summed E-state index contributed by atoms with van der Waals surface area (Å²) < 4.78 is 49.1. The zero-order chi connectivity index (χ0) is 18.3. The van der Waals surface area contributed by atoms with Crippen LogP contribution in [0.1, 0.15) is 11.1 Å². The van der Waals surface area contributed by atoms with E-state index in [0.29, 0.717) is 19.0 Å². The van der Waals surface area contributed by atoms with Gasteiger partial charge in [-0.25, -0.2) is 4.98 Å². The van der Waals surface area contributed by atoms with Gasteiger partial charge in [0.25, 0.3) is 0 Å². The fourth-order valence-electron chi connectivity index (χ4n) is 2.15. The minimum atomic E-state index is -4.48. The number of benzene rings is 1. The molecule has 0 saturated heterocycles. The normalized spacial score (nSPS) is 11.2. The third-order valence-electron chi connectivity index (χ3n) is 3.46. The van der Waals surface area contributed by atoms with Crippen LogP contribution in [0.5, 0.6) is 5.75 Å². The van der Waals surface area contributed by atoms with Crippen molar-refractivity contribution in [3.05, 3.63) is 47.7 Å². The first kappa shape index (κ1) is 18.9. The van der Waals surface area contributed by atoms with E-state index in [4.69, 9.17) is 9.47 Å². The van der Waals surface area contributed by atoms with Crippen LogP contribution in [0.4, 0.5) is 24.7 Å². The van der Waals surface area contributed by atoms with Gasteiger partial charge in [0.05, 0.1) is 25.0 Å². The van der Waals surface area contributed by atoms with Crippen molar-refractivity contribution in [2.24, 2.45) is 0 Å². The maximum atomic E-state index is 13.1. The topological polar surface area (TPSA) is 55.4 Å². The van der Waals surface area contributed by atoms with Crippen molar-refractivity contribution in [3.63, 3.8) is 0 Å². The quantitative estimate of drug-likeness (QED) is 0.706. The first-order valence-electron chi connectivity index (χ1n) is 7.61. The van der Waals surface area contributed by atoms with Gasteiger partial charge in [-0.15, -0.1) is 0 Å². The number of ether oxygens (including phenoxy) is 2. The molecule has 1 heterocycles. The molecule has 0 spiro atoms. The molecule has 0 radical (unpaired) electrons. The minimum absolute atomic E-state index is 0.0308. The Hall–Kier alpha value is -2.48. The van der Waals surface area contributed by atoms with E-state index in [2.05, 4.69) is 15.6 Å². The van der Waals surface area contributed by atoms with Gasteiger partial charge in [-0.3, -0.25) is 0 Å². The minimum Gasteiger partial charge on any atom is -0.497 e. The highest BCUT2D eigenvalue weighted by Crippen LogP contribution is 2.35. The molecule has 25 heavy (non-hydrogen) atoms. The smallest absolute Gasteiger partial charge is 0.419 e. The molecule has 0 fully saturated rings. The molecule has 1 aromatic heterocycles. The van der Waals surface area contributed by atoms with Crippen LogP contribution < -0.4 is 15.4 Å². The standard InChI is InChI=1S/C17H20F3N3O2/c1-24-8-7-21-15-9-16(23-11-14(15)17(18,19)20)22-10-12-3-5-13(25-2)6-4-12/h3-6,9,11H,7-8,10H2,1-2H3,(H2,21,22,23). The lowest BCUT2D eigenvalue weighted by atomic mass is 10.2. The predicted molar refractivity (Wildman–Crippen MR) is 89.9 cm³/mol. The monoisotopic (exact) mass is 355 g/mol. The molecular weight excluding hydrogens is 335 g/mol. The molecule has 0 saturated carbocycles. The Morgan fingerprint density at radius 2 is 1.80 bits per heavy atom. The maximum absolute atomic E-state index is 13.1. The number of pyridine rings is 1. The molecule has 0 aliphatic carbocycles. The molecule has 0 bridgehead atoms. The van der Waals surface area contributed by atoms with Gasteiger partial charge in [0.15, 0.2) is 0 Å². The molecule has 136 valence electrons. The molecule has 0 unspecified atom stereocenters. The summed E-state index contributed by atoms with van der Waals surface area (Å²) in [6.07, 6.45) is -3.65. The summed E-state index contributed by atoms with van der Waals surface area (Å²) in [6, 6.07) is 8.72. The average molecular weight is 355 g/mol. The van der Waals surface area contributed by atoms with E-state index in [9.17, 15) is 13.2 Å². The number of anilines is 2. The van der Waals surface area contributed by atoms with Crippen LogP contribution >= 0.6 is 0 Å². The first-order valence-corrected chi connectivity index (χ1v) is 7.61. The van der Waals surface area contributed by atoms with Crippen molar-refractivity contribution < 1.29 is 22.6 Å². The highest BCUT2D eigenvalue weighted by molar-refractivity contribution is 5.58. The fourth-order valence-corrected chi connectivity index (χ4v) is 2.15. The zero-order valence-electron chi connectivity index (χ0n) is 14.0. The number of alkyl halides is 3. The van der Waals surface area contributed by atoms with E-state index in [1.54, 1.807) is 7.11 Å². The van der Waals surface area contributed by atoms with Gasteiger partial charge in [0.1, 0.15) is 11.6 Å². The first-order chi connectivity index (χ1) is 11.9. The molecular formula is C17H20F3N3O2. The Morgan fingerprint density at radius 1 is 1.08 bits per heavy atom. The van der Waals surface area contributed by atoms with Crippen LogP contribution in [0.2, 0.25) is 0 Å². The lowest BCUT2D eigenvalue weighted by molar-refractivity contribution is -0.137. The largest absolute Gasteiger partial charge is 0.497 e. The molecule has 2 N–H and O–H groups in total. The Morgan fingerprint density at radius 3 is 2.40 bits per heavy atom. The van der Waals surface area contributed by atoms with Crippen molar-refractivity contribution in [1.82, 2.24) is 4.98 Å². The molecule has 2 rings (SSSR count). The summed E-state index contributed by atoms with van der Waals surface area (Å²) in [5, 5.41) is 5.75. The number of hydrogen-bond acceptors (Lipinski definition) is 5. The van der Waals surface area contributed by atoms with Gasteiger partial charge >= 0.3 is 6.18 Å². The van der Waals surface area contributed by atoms with E-state index >= 15 is 0 Å². The number of nitrogens with zero attached hydrogens (tertiary/aromatic N) is 1. The number of hydrogen-bond donors (Lipinski definition) is 2. The molecule has 0 atom stereocenters. The number of halogens is 3. The van der Waals surface area contributed by atoms with Crippen LogP contribution in [-0.2, 0) is 17.5 Å². The van der Waals surface area contributed by atoms with E-state index < -0.39 is 11.7 Å². The molecule has 0 aliphatic heterocycles. The molecule has 8 heteroatoms. The number of nitrogens with one attached hydrogen (secondary N) is 2. The zero-order valence-corrected chi connectivity index (χ0v) is 14.0. The van der Waals surface area contributed by atoms with Crippen LogP contribution in [0.15, 0.2) is 36.5 Å². The second kappa shape index (κ2) is 8.57. The molecule has 2 aromatic rings. The van der Waals surface area contributed by atoms with Gasteiger partial charge in [0, 0.05) is 32.5 Å². The second-order valence-electron chi connectivity index (χ2n) is 5.23. The number of methoxy groups -OCH3 is 2. The lowest BCUT2D eigenvalue weighted by Crippen LogP contribution is -2.15. The highest BCUT2D eigenvalue weighted by atomic mass is 19.4. The summed E-state index contributed by atoms with van der Waals surface area (Å²) in [5.41, 5.74) is 0.117. The van der Waals surface area contributed by atoms with Crippen molar-refractivity contribution >= 4 is 11.5 Å². The van der Waals surface area contributed by atoms with Crippen LogP contribution in [0.3, 0.4) is 0 Å². The van der Waals surface area contributed by atoms with Crippen molar-refractivity contribution in [1.29, 1.82) is 0 Å². The fraction of sp³-hybridized carbons (Fsp3) is 0.353. The summed E-state index contributed by atoms with van der Waals surface area (Å²) in [6.45, 7) is 0.996. The van der Waals surface area contributed by atoms with E-state index in [1.165, 1.54) is 13.2 Å².